The van der Waals surface area contributed by atoms with Crippen LogP contribution >= 0.6 is 0 Å². The zero-order valence-electron chi connectivity index (χ0n) is 10.8. The summed E-state index contributed by atoms with van der Waals surface area (Å²) in [5, 5.41) is 0. The fourth-order valence-corrected chi connectivity index (χ4v) is 1.60. The normalized spacial score (nSPS) is 13.2. The Hall–Kier alpha value is -1.55. The molecule has 98 valence electrons. The molecule has 0 heterocycles. The van der Waals surface area contributed by atoms with Gasteiger partial charge in [0.15, 0.2) is 17.4 Å². The molecule has 1 unspecified atom stereocenters. The number of halogens is 2. The van der Waals surface area contributed by atoms with E-state index in [-0.39, 0.29) is 11.7 Å². The summed E-state index contributed by atoms with van der Waals surface area (Å²) in [6.45, 7) is 2.48. The van der Waals surface area contributed by atoms with Crippen molar-refractivity contribution >= 4 is 11.9 Å². The second kappa shape index (κ2) is 6.40. The summed E-state index contributed by atoms with van der Waals surface area (Å²) in [5.41, 5.74) is 0.472. The first kappa shape index (κ1) is 14.5. The Balaban J connectivity index is 2.68. The first-order valence-corrected chi connectivity index (χ1v) is 5.72. The maximum Gasteiger partial charge on any atom is 0.159 e. The molecule has 0 aliphatic rings. The second-order valence-corrected chi connectivity index (χ2v) is 4.57. The Morgan fingerprint density at radius 3 is 2.56 bits per heavy atom. The van der Waals surface area contributed by atoms with Gasteiger partial charge in [-0.15, -0.1) is 0 Å². The molecule has 0 fully saturated rings. The lowest BCUT2D eigenvalue weighted by Crippen LogP contribution is -2.24. The topological polar surface area (TPSA) is 20.3 Å². The lowest BCUT2D eigenvalue weighted by atomic mass is 10.0. The number of carbonyl (C=O) groups is 1. The number of hydrogen-bond donors (Lipinski definition) is 0. The number of nitrogens with zero attached hydrogens (tertiary/aromatic N) is 1. The lowest BCUT2D eigenvalue weighted by Gasteiger charge is -2.13. The molecule has 1 atom stereocenters. The molecule has 0 spiro atoms. The first-order valence-electron chi connectivity index (χ1n) is 5.72. The number of benzene rings is 1. The minimum Gasteiger partial charge on any atom is -0.309 e. The Morgan fingerprint density at radius 1 is 1.33 bits per heavy atom. The van der Waals surface area contributed by atoms with Crippen LogP contribution in [0.25, 0.3) is 6.08 Å². The second-order valence-electron chi connectivity index (χ2n) is 4.57. The Morgan fingerprint density at radius 2 is 2.00 bits per heavy atom. The zero-order chi connectivity index (χ0) is 13.7. The highest BCUT2D eigenvalue weighted by atomic mass is 19.2. The van der Waals surface area contributed by atoms with E-state index >= 15 is 0 Å². The molecule has 0 amide bonds. The van der Waals surface area contributed by atoms with Crippen LogP contribution in [0, 0.1) is 17.6 Å². The molecule has 0 aromatic heterocycles. The van der Waals surface area contributed by atoms with Crippen LogP contribution in [-0.2, 0) is 4.79 Å². The van der Waals surface area contributed by atoms with Crippen molar-refractivity contribution < 1.29 is 13.6 Å². The van der Waals surface area contributed by atoms with Gasteiger partial charge in [-0.25, -0.2) is 8.78 Å². The molecular weight excluding hydrogens is 236 g/mol. The van der Waals surface area contributed by atoms with E-state index in [4.69, 9.17) is 0 Å². The number of ketones is 1. The first-order chi connectivity index (χ1) is 8.40. The average Bonchev–Trinajstić information content (AvgIpc) is 2.29. The molecule has 0 radical (unpaired) electrons. The van der Waals surface area contributed by atoms with Gasteiger partial charge in [-0.2, -0.15) is 0 Å². The fourth-order valence-electron chi connectivity index (χ4n) is 1.60. The maximum atomic E-state index is 12.9. The van der Waals surface area contributed by atoms with E-state index < -0.39 is 11.6 Å². The van der Waals surface area contributed by atoms with Crippen molar-refractivity contribution in [3.63, 3.8) is 0 Å². The molecule has 0 saturated heterocycles. The van der Waals surface area contributed by atoms with Gasteiger partial charge < -0.3 is 4.90 Å². The molecule has 2 nitrogen and oxygen atoms in total. The van der Waals surface area contributed by atoms with Crippen molar-refractivity contribution in [2.24, 2.45) is 5.92 Å². The summed E-state index contributed by atoms with van der Waals surface area (Å²) < 4.78 is 25.6. The lowest BCUT2D eigenvalue weighted by molar-refractivity contribution is -0.118. The van der Waals surface area contributed by atoms with Gasteiger partial charge >= 0.3 is 0 Å². The van der Waals surface area contributed by atoms with E-state index in [1.165, 1.54) is 18.2 Å². The highest BCUT2D eigenvalue weighted by Gasteiger charge is 2.10. The molecule has 4 heteroatoms. The molecule has 18 heavy (non-hydrogen) atoms. The minimum absolute atomic E-state index is 0.0339. The molecule has 0 saturated carbocycles. The van der Waals surface area contributed by atoms with Crippen LogP contribution in [0.5, 0.6) is 0 Å². The van der Waals surface area contributed by atoms with Crippen molar-refractivity contribution in [3.05, 3.63) is 41.5 Å². The zero-order valence-corrected chi connectivity index (χ0v) is 10.8. The fraction of sp³-hybridized carbons (Fsp3) is 0.357. The van der Waals surface area contributed by atoms with Gasteiger partial charge in [-0.1, -0.05) is 19.1 Å². The Labute approximate surface area is 106 Å². The van der Waals surface area contributed by atoms with Gasteiger partial charge in [0, 0.05) is 12.5 Å². The number of carbonyl (C=O) groups excluding carboxylic acids is 1. The summed E-state index contributed by atoms with van der Waals surface area (Å²) in [7, 11) is 3.78. The molecule has 0 bridgehead atoms. The van der Waals surface area contributed by atoms with Crippen LogP contribution < -0.4 is 0 Å². The van der Waals surface area contributed by atoms with E-state index in [1.54, 1.807) is 0 Å². The molecule has 1 aromatic rings. The monoisotopic (exact) mass is 253 g/mol. The summed E-state index contributed by atoms with van der Waals surface area (Å²) in [6, 6.07) is 3.54. The molecule has 0 aliphatic heterocycles. The van der Waals surface area contributed by atoms with Crippen LogP contribution in [-0.4, -0.2) is 31.3 Å². The van der Waals surface area contributed by atoms with Crippen molar-refractivity contribution in [2.45, 2.75) is 6.92 Å². The van der Waals surface area contributed by atoms with Crippen LogP contribution in [0.2, 0.25) is 0 Å². The summed E-state index contributed by atoms with van der Waals surface area (Å²) in [4.78, 5) is 13.6. The summed E-state index contributed by atoms with van der Waals surface area (Å²) in [5.74, 6) is -1.96. The molecule has 0 aliphatic carbocycles. The largest absolute Gasteiger partial charge is 0.309 e. The third-order valence-corrected chi connectivity index (χ3v) is 2.51. The maximum absolute atomic E-state index is 12.9. The van der Waals surface area contributed by atoms with Crippen LogP contribution in [0.3, 0.4) is 0 Å². The predicted molar refractivity (Wildman–Crippen MR) is 68.1 cm³/mol. The van der Waals surface area contributed by atoms with Gasteiger partial charge in [-0.3, -0.25) is 4.79 Å². The average molecular weight is 253 g/mol. The van der Waals surface area contributed by atoms with Gasteiger partial charge in [0.05, 0.1) is 0 Å². The van der Waals surface area contributed by atoms with Crippen molar-refractivity contribution in [3.8, 4) is 0 Å². The SMILES string of the molecule is CC(CN(C)C)C(=O)/C=C/c1ccc(F)c(F)c1. The third kappa shape index (κ3) is 4.37. The summed E-state index contributed by atoms with van der Waals surface area (Å²) in [6.07, 6.45) is 2.90. The standard InChI is InChI=1S/C14H17F2NO/c1-10(9-17(2)3)14(18)7-5-11-4-6-12(15)13(16)8-11/h4-8,10H,9H2,1-3H3/b7-5+. The van der Waals surface area contributed by atoms with Crippen molar-refractivity contribution in [2.75, 3.05) is 20.6 Å². The molecular formula is C14H17F2NO. The van der Waals surface area contributed by atoms with E-state index in [0.29, 0.717) is 12.1 Å². The van der Waals surface area contributed by atoms with E-state index in [9.17, 15) is 13.6 Å². The van der Waals surface area contributed by atoms with Gasteiger partial charge in [-0.05, 0) is 37.9 Å². The van der Waals surface area contributed by atoms with Crippen molar-refractivity contribution in [1.29, 1.82) is 0 Å². The van der Waals surface area contributed by atoms with Crippen molar-refractivity contribution in [1.82, 2.24) is 4.90 Å². The van der Waals surface area contributed by atoms with Crippen LogP contribution in [0.1, 0.15) is 12.5 Å². The Kier molecular flexibility index (Phi) is 5.16. The van der Waals surface area contributed by atoms with E-state index in [1.807, 2.05) is 25.9 Å². The van der Waals surface area contributed by atoms with E-state index in [0.717, 1.165) is 12.1 Å². The van der Waals surface area contributed by atoms with E-state index in [2.05, 4.69) is 0 Å². The highest BCUT2D eigenvalue weighted by molar-refractivity contribution is 5.95. The smallest absolute Gasteiger partial charge is 0.159 e. The van der Waals surface area contributed by atoms with Gasteiger partial charge in [0.1, 0.15) is 0 Å². The minimum atomic E-state index is -0.911. The third-order valence-electron chi connectivity index (χ3n) is 2.51. The highest BCUT2D eigenvalue weighted by Crippen LogP contribution is 2.10. The Bertz CT molecular complexity index is 455. The predicted octanol–water partition coefficient (Wildman–Crippen LogP) is 2.74. The quantitative estimate of drug-likeness (QED) is 0.752. The van der Waals surface area contributed by atoms with Gasteiger partial charge in [0.2, 0.25) is 0 Å². The summed E-state index contributed by atoms with van der Waals surface area (Å²) >= 11 is 0. The molecule has 0 N–H and O–H groups in total. The number of allylic oxidation sites excluding steroid dienone is 1. The molecule has 1 rings (SSSR count). The molecule has 1 aromatic carbocycles. The van der Waals surface area contributed by atoms with Gasteiger partial charge in [0.25, 0.3) is 0 Å². The number of rotatable bonds is 5. The van der Waals surface area contributed by atoms with Crippen LogP contribution in [0.15, 0.2) is 24.3 Å². The van der Waals surface area contributed by atoms with Crippen LogP contribution in [0.4, 0.5) is 8.78 Å². The number of hydrogen-bond acceptors (Lipinski definition) is 2.